The summed E-state index contributed by atoms with van der Waals surface area (Å²) >= 11 is 0. The highest BCUT2D eigenvalue weighted by Crippen LogP contribution is 2.40. The molecule has 1 saturated heterocycles. The molecule has 0 atom stereocenters. The highest BCUT2D eigenvalue weighted by atomic mass is 16.5. The Hall–Kier alpha value is -2.21. The third-order valence-corrected chi connectivity index (χ3v) is 5.10. The third kappa shape index (κ3) is 3.74. The van der Waals surface area contributed by atoms with Crippen LogP contribution in [0.25, 0.3) is 0 Å². The fraction of sp³-hybridized carbons (Fsp3) is 0.526. The van der Waals surface area contributed by atoms with Crippen LogP contribution in [0.4, 0.5) is 0 Å². The van der Waals surface area contributed by atoms with E-state index in [9.17, 15) is 4.79 Å². The SMILES string of the molecule is COc1ccc(C(=O)CN2CCC(c3nnc(C4CC4)o3)CC2)cc1. The molecule has 1 aromatic heterocycles. The summed E-state index contributed by atoms with van der Waals surface area (Å²) in [5.74, 6) is 3.34. The Bertz CT molecular complexity index is 729. The van der Waals surface area contributed by atoms with Gasteiger partial charge < -0.3 is 9.15 Å². The number of nitrogens with zero attached hydrogens (tertiary/aromatic N) is 3. The van der Waals surface area contributed by atoms with Gasteiger partial charge in [-0.15, -0.1) is 10.2 Å². The molecule has 2 aliphatic rings. The molecule has 0 spiro atoms. The normalized spacial score (nSPS) is 19.1. The molecule has 1 aromatic carbocycles. The zero-order valence-corrected chi connectivity index (χ0v) is 14.5. The van der Waals surface area contributed by atoms with Gasteiger partial charge in [0.05, 0.1) is 13.7 Å². The number of rotatable bonds is 6. The Morgan fingerprint density at radius 3 is 2.24 bits per heavy atom. The molecule has 0 bridgehead atoms. The van der Waals surface area contributed by atoms with Crippen LogP contribution in [0.1, 0.15) is 59.7 Å². The summed E-state index contributed by atoms with van der Waals surface area (Å²) < 4.78 is 11.0. The topological polar surface area (TPSA) is 68.5 Å². The largest absolute Gasteiger partial charge is 0.497 e. The van der Waals surface area contributed by atoms with Crippen molar-refractivity contribution in [2.75, 3.05) is 26.7 Å². The number of benzene rings is 1. The van der Waals surface area contributed by atoms with Crippen molar-refractivity contribution in [1.29, 1.82) is 0 Å². The number of hydrogen-bond donors (Lipinski definition) is 0. The van der Waals surface area contributed by atoms with Crippen molar-refractivity contribution in [3.8, 4) is 5.75 Å². The van der Waals surface area contributed by atoms with E-state index in [2.05, 4.69) is 15.1 Å². The van der Waals surface area contributed by atoms with Gasteiger partial charge in [0.25, 0.3) is 0 Å². The van der Waals surface area contributed by atoms with Gasteiger partial charge >= 0.3 is 0 Å². The van der Waals surface area contributed by atoms with E-state index in [1.165, 1.54) is 12.8 Å². The molecule has 6 heteroatoms. The Labute approximate surface area is 147 Å². The first-order chi connectivity index (χ1) is 12.2. The second-order valence-electron chi connectivity index (χ2n) is 6.95. The van der Waals surface area contributed by atoms with Crippen molar-refractivity contribution in [1.82, 2.24) is 15.1 Å². The lowest BCUT2D eigenvalue weighted by molar-refractivity contribution is 0.0905. The van der Waals surface area contributed by atoms with Gasteiger partial charge in [0.2, 0.25) is 11.8 Å². The smallest absolute Gasteiger partial charge is 0.219 e. The molecular weight excluding hydrogens is 318 g/mol. The number of carbonyl (C=O) groups excluding carboxylic acids is 1. The summed E-state index contributed by atoms with van der Waals surface area (Å²) in [6, 6.07) is 7.30. The molecule has 0 amide bonds. The number of carbonyl (C=O) groups is 1. The van der Waals surface area contributed by atoms with Crippen LogP contribution in [0.2, 0.25) is 0 Å². The first-order valence-corrected chi connectivity index (χ1v) is 8.96. The number of piperidine rings is 1. The Morgan fingerprint density at radius 2 is 1.68 bits per heavy atom. The maximum absolute atomic E-state index is 12.4. The molecule has 0 N–H and O–H groups in total. The standard InChI is InChI=1S/C19H23N3O3/c1-24-16-6-4-13(5-7-16)17(23)12-22-10-8-15(9-11-22)19-21-20-18(25-19)14-2-3-14/h4-7,14-15H,2-3,8-12H2,1H3. The minimum atomic E-state index is 0.148. The van der Waals surface area contributed by atoms with Crippen LogP contribution < -0.4 is 4.74 Å². The fourth-order valence-corrected chi connectivity index (χ4v) is 3.32. The first-order valence-electron chi connectivity index (χ1n) is 8.96. The van der Waals surface area contributed by atoms with Crippen molar-refractivity contribution < 1.29 is 13.9 Å². The predicted octanol–water partition coefficient (Wildman–Crippen LogP) is 3.02. The monoisotopic (exact) mass is 341 g/mol. The summed E-state index contributed by atoms with van der Waals surface area (Å²) in [5, 5.41) is 8.42. The van der Waals surface area contributed by atoms with Gasteiger partial charge in [0.1, 0.15) is 5.75 Å². The van der Waals surface area contributed by atoms with Gasteiger partial charge in [-0.25, -0.2) is 0 Å². The summed E-state index contributed by atoms with van der Waals surface area (Å²) in [5.41, 5.74) is 0.730. The molecule has 6 nitrogen and oxygen atoms in total. The van der Waals surface area contributed by atoms with Gasteiger partial charge in [0, 0.05) is 17.4 Å². The van der Waals surface area contributed by atoms with E-state index in [1.807, 2.05) is 24.3 Å². The van der Waals surface area contributed by atoms with Crippen molar-refractivity contribution in [2.24, 2.45) is 0 Å². The molecule has 2 aromatic rings. The van der Waals surface area contributed by atoms with Gasteiger partial charge in [-0.1, -0.05) is 0 Å². The van der Waals surface area contributed by atoms with Crippen molar-refractivity contribution in [2.45, 2.75) is 37.5 Å². The van der Waals surface area contributed by atoms with Gasteiger partial charge in [-0.2, -0.15) is 0 Å². The van der Waals surface area contributed by atoms with Gasteiger partial charge in [-0.3, -0.25) is 9.69 Å². The Kier molecular flexibility index (Phi) is 4.53. The molecule has 4 rings (SSSR count). The molecule has 132 valence electrons. The second kappa shape index (κ2) is 6.96. The molecule has 0 radical (unpaired) electrons. The fourth-order valence-electron chi connectivity index (χ4n) is 3.32. The van der Waals surface area contributed by atoms with Crippen molar-refractivity contribution in [3.05, 3.63) is 41.6 Å². The quantitative estimate of drug-likeness (QED) is 0.752. The third-order valence-electron chi connectivity index (χ3n) is 5.10. The van der Waals surface area contributed by atoms with E-state index in [0.717, 1.165) is 49.0 Å². The van der Waals surface area contributed by atoms with Crippen LogP contribution in [0.5, 0.6) is 5.75 Å². The lowest BCUT2D eigenvalue weighted by Crippen LogP contribution is -2.36. The van der Waals surface area contributed by atoms with Crippen LogP contribution in [-0.2, 0) is 0 Å². The van der Waals surface area contributed by atoms with Crippen LogP contribution in [0, 0.1) is 0 Å². The van der Waals surface area contributed by atoms with Crippen molar-refractivity contribution >= 4 is 5.78 Å². The molecule has 1 aliphatic heterocycles. The van der Waals surface area contributed by atoms with Crippen LogP contribution >= 0.6 is 0 Å². The van der Waals surface area contributed by atoms with E-state index < -0.39 is 0 Å². The Balaban J connectivity index is 1.29. The summed E-state index contributed by atoms with van der Waals surface area (Å²) in [6.45, 7) is 2.22. The summed E-state index contributed by atoms with van der Waals surface area (Å²) in [6.07, 6.45) is 4.27. The highest BCUT2D eigenvalue weighted by Gasteiger charge is 2.32. The maximum atomic E-state index is 12.4. The lowest BCUT2D eigenvalue weighted by Gasteiger charge is -2.29. The average Bonchev–Trinajstić information content (AvgIpc) is 3.39. The average molecular weight is 341 g/mol. The predicted molar refractivity (Wildman–Crippen MR) is 92.0 cm³/mol. The number of ether oxygens (including phenoxy) is 1. The van der Waals surface area contributed by atoms with E-state index in [0.29, 0.717) is 18.4 Å². The molecule has 2 fully saturated rings. The zero-order chi connectivity index (χ0) is 17.2. The minimum absolute atomic E-state index is 0.148. The number of Topliss-reactive ketones (excluding diaryl/α,β-unsaturated/α-hetero) is 1. The highest BCUT2D eigenvalue weighted by molar-refractivity contribution is 5.97. The number of aromatic nitrogens is 2. The first kappa shape index (κ1) is 16.3. The van der Waals surface area contributed by atoms with Crippen LogP contribution in [0.15, 0.2) is 28.7 Å². The van der Waals surface area contributed by atoms with Gasteiger partial charge in [-0.05, 0) is 63.0 Å². The maximum Gasteiger partial charge on any atom is 0.219 e. The number of hydrogen-bond acceptors (Lipinski definition) is 6. The molecule has 25 heavy (non-hydrogen) atoms. The molecule has 1 aliphatic carbocycles. The van der Waals surface area contributed by atoms with E-state index in [1.54, 1.807) is 7.11 Å². The molecular formula is C19H23N3O3. The van der Waals surface area contributed by atoms with E-state index >= 15 is 0 Å². The second-order valence-corrected chi connectivity index (χ2v) is 6.95. The molecule has 2 heterocycles. The Morgan fingerprint density at radius 1 is 1.08 bits per heavy atom. The minimum Gasteiger partial charge on any atom is -0.497 e. The van der Waals surface area contributed by atoms with Crippen LogP contribution in [-0.4, -0.2) is 47.6 Å². The lowest BCUT2D eigenvalue weighted by atomic mass is 9.96. The summed E-state index contributed by atoms with van der Waals surface area (Å²) in [7, 11) is 1.62. The number of ketones is 1. The van der Waals surface area contributed by atoms with Gasteiger partial charge in [0.15, 0.2) is 5.78 Å². The number of likely N-dealkylation sites (tertiary alicyclic amines) is 1. The molecule has 1 saturated carbocycles. The number of methoxy groups -OCH3 is 1. The van der Waals surface area contributed by atoms with Crippen LogP contribution in [0.3, 0.4) is 0 Å². The van der Waals surface area contributed by atoms with E-state index in [-0.39, 0.29) is 5.78 Å². The molecule has 0 unspecified atom stereocenters. The summed E-state index contributed by atoms with van der Waals surface area (Å²) in [4.78, 5) is 14.6. The van der Waals surface area contributed by atoms with E-state index in [4.69, 9.17) is 9.15 Å². The zero-order valence-electron chi connectivity index (χ0n) is 14.5. The van der Waals surface area contributed by atoms with Crippen molar-refractivity contribution in [3.63, 3.8) is 0 Å².